The van der Waals surface area contributed by atoms with Crippen LogP contribution in [0.15, 0.2) is 30.2 Å². The molecule has 0 spiro atoms. The molecule has 0 saturated heterocycles. The van der Waals surface area contributed by atoms with Crippen LogP contribution in [0.5, 0.6) is 0 Å². The molecule has 1 aromatic heterocycles. The first-order chi connectivity index (χ1) is 10.6. The van der Waals surface area contributed by atoms with E-state index in [1.807, 2.05) is 6.07 Å². The minimum Gasteiger partial charge on any atom is -0.260 e. The summed E-state index contributed by atoms with van der Waals surface area (Å²) in [5, 5.41) is 5.57. The van der Waals surface area contributed by atoms with Crippen molar-refractivity contribution < 1.29 is 4.39 Å². The molecule has 0 radical (unpaired) electrons. The Balaban J connectivity index is 2.01. The van der Waals surface area contributed by atoms with Crippen molar-refractivity contribution in [2.45, 2.75) is 25.8 Å². The predicted molar refractivity (Wildman–Crippen MR) is 89.5 cm³/mol. The number of hydrogen-bond donors (Lipinski definition) is 0. The number of allylic oxidation sites excluding steroid dienone is 2. The van der Waals surface area contributed by atoms with Crippen LogP contribution in [0.1, 0.15) is 29.7 Å². The van der Waals surface area contributed by atoms with Crippen LogP contribution in [-0.4, -0.2) is 15.7 Å². The fourth-order valence-electron chi connectivity index (χ4n) is 2.81. The summed E-state index contributed by atoms with van der Waals surface area (Å²) in [4.78, 5) is 0. The minimum absolute atomic E-state index is 0.109. The van der Waals surface area contributed by atoms with Crippen molar-refractivity contribution >= 4 is 40.4 Å². The number of aromatic nitrogens is 2. The highest BCUT2D eigenvalue weighted by Gasteiger charge is 2.23. The van der Waals surface area contributed by atoms with E-state index in [0.717, 1.165) is 29.7 Å². The van der Waals surface area contributed by atoms with Crippen molar-refractivity contribution in [2.24, 2.45) is 0 Å². The Kier molecular flexibility index (Phi) is 4.76. The lowest BCUT2D eigenvalue weighted by Crippen LogP contribution is -2.11. The molecule has 116 valence electrons. The molecule has 6 heteroatoms. The maximum Gasteiger partial charge on any atom is 0.120 e. The molecule has 22 heavy (non-hydrogen) atoms. The predicted octanol–water partition coefficient (Wildman–Crippen LogP) is 5.49. The third kappa shape index (κ3) is 3.03. The van der Waals surface area contributed by atoms with Gasteiger partial charge in [0.2, 0.25) is 0 Å². The number of rotatable bonds is 3. The molecule has 0 N–H and O–H groups in total. The maximum atomic E-state index is 14.1. The second-order valence-electron chi connectivity index (χ2n) is 5.28. The van der Waals surface area contributed by atoms with E-state index in [2.05, 4.69) is 5.10 Å². The quantitative estimate of drug-likeness (QED) is 0.662. The molecule has 0 atom stereocenters. The van der Waals surface area contributed by atoms with Crippen LogP contribution in [0.4, 0.5) is 4.39 Å². The summed E-state index contributed by atoms with van der Waals surface area (Å²) in [6.07, 6.45) is 4.31. The van der Waals surface area contributed by atoms with E-state index in [0.29, 0.717) is 28.6 Å². The summed E-state index contributed by atoms with van der Waals surface area (Å²) in [6.45, 7) is 0.477. The molecule has 0 fully saturated rings. The summed E-state index contributed by atoms with van der Waals surface area (Å²) < 4.78 is 15.9. The van der Waals surface area contributed by atoms with Gasteiger partial charge in [0.1, 0.15) is 5.83 Å². The van der Waals surface area contributed by atoms with Gasteiger partial charge in [-0.05, 0) is 42.5 Å². The first-order valence-corrected chi connectivity index (χ1v) is 8.31. The second kappa shape index (κ2) is 6.61. The summed E-state index contributed by atoms with van der Waals surface area (Å²) in [6, 6.07) is 5.35. The van der Waals surface area contributed by atoms with Crippen LogP contribution >= 0.6 is 34.8 Å². The van der Waals surface area contributed by atoms with Gasteiger partial charge in [-0.25, -0.2) is 4.39 Å². The van der Waals surface area contributed by atoms with Crippen molar-refractivity contribution in [1.29, 1.82) is 0 Å². The number of alkyl halides is 1. The zero-order valence-electron chi connectivity index (χ0n) is 11.8. The molecule has 1 aliphatic rings. The average molecular weight is 360 g/mol. The normalized spacial score (nSPS) is 16.5. The molecule has 0 unspecified atom stereocenters. The Labute approximate surface area is 143 Å². The third-order valence-corrected chi connectivity index (χ3v) is 4.68. The lowest BCUT2D eigenvalue weighted by molar-refractivity contribution is 0.621. The number of benzene rings is 1. The van der Waals surface area contributed by atoms with Crippen molar-refractivity contribution in [2.75, 3.05) is 5.88 Å². The van der Waals surface area contributed by atoms with Gasteiger partial charge in [0.05, 0.1) is 24.3 Å². The SMILES string of the molecule is F/C(CCl)=C1/CCCc2cnn(Cc3ccc(Cl)cc3Cl)c21. The van der Waals surface area contributed by atoms with Gasteiger partial charge >= 0.3 is 0 Å². The number of aryl methyl sites for hydroxylation is 1. The summed E-state index contributed by atoms with van der Waals surface area (Å²) in [5.41, 5.74) is 3.47. The lowest BCUT2D eigenvalue weighted by atomic mass is 9.92. The zero-order chi connectivity index (χ0) is 15.7. The highest BCUT2D eigenvalue weighted by atomic mass is 35.5. The Morgan fingerprint density at radius 2 is 2.09 bits per heavy atom. The largest absolute Gasteiger partial charge is 0.260 e. The second-order valence-corrected chi connectivity index (χ2v) is 6.39. The van der Waals surface area contributed by atoms with Crippen molar-refractivity contribution in [3.05, 3.63) is 57.1 Å². The summed E-state index contributed by atoms with van der Waals surface area (Å²) >= 11 is 17.8. The number of halogens is 4. The minimum atomic E-state index is -0.272. The van der Waals surface area contributed by atoms with Gasteiger partial charge in [0.15, 0.2) is 0 Å². The highest BCUT2D eigenvalue weighted by molar-refractivity contribution is 6.35. The monoisotopic (exact) mass is 358 g/mol. The molecule has 0 saturated carbocycles. The molecule has 1 aliphatic carbocycles. The number of fused-ring (bicyclic) bond motifs is 1. The Bertz CT molecular complexity index is 737. The molecule has 2 nitrogen and oxygen atoms in total. The average Bonchev–Trinajstić information content (AvgIpc) is 2.92. The molecule has 0 amide bonds. The topological polar surface area (TPSA) is 17.8 Å². The first kappa shape index (κ1) is 15.9. The molecular weight excluding hydrogens is 346 g/mol. The van der Waals surface area contributed by atoms with Crippen molar-refractivity contribution in [1.82, 2.24) is 9.78 Å². The van der Waals surface area contributed by atoms with Crippen LogP contribution in [-0.2, 0) is 13.0 Å². The van der Waals surface area contributed by atoms with Crippen LogP contribution in [0.25, 0.3) is 5.57 Å². The zero-order valence-corrected chi connectivity index (χ0v) is 14.0. The lowest BCUT2D eigenvalue weighted by Gasteiger charge is -2.18. The summed E-state index contributed by atoms with van der Waals surface area (Å²) in [7, 11) is 0. The van der Waals surface area contributed by atoms with Crippen molar-refractivity contribution in [3.63, 3.8) is 0 Å². The van der Waals surface area contributed by atoms with E-state index in [9.17, 15) is 4.39 Å². The third-order valence-electron chi connectivity index (χ3n) is 3.85. The smallest absolute Gasteiger partial charge is 0.120 e. The van der Waals surface area contributed by atoms with E-state index in [4.69, 9.17) is 34.8 Å². The van der Waals surface area contributed by atoms with E-state index in [1.54, 1.807) is 23.0 Å². The van der Waals surface area contributed by atoms with Gasteiger partial charge < -0.3 is 0 Å². The Morgan fingerprint density at radius 3 is 2.82 bits per heavy atom. The van der Waals surface area contributed by atoms with Gasteiger partial charge in [0.25, 0.3) is 0 Å². The van der Waals surface area contributed by atoms with Crippen LogP contribution in [0, 0.1) is 0 Å². The van der Waals surface area contributed by atoms with E-state index in [-0.39, 0.29) is 11.7 Å². The fraction of sp³-hybridized carbons (Fsp3) is 0.312. The van der Waals surface area contributed by atoms with Gasteiger partial charge in [-0.15, -0.1) is 11.6 Å². The van der Waals surface area contributed by atoms with Gasteiger partial charge in [-0.2, -0.15) is 5.10 Å². The highest BCUT2D eigenvalue weighted by Crippen LogP contribution is 2.34. The molecule has 1 aromatic carbocycles. The molecule has 1 heterocycles. The molecule has 0 bridgehead atoms. The first-order valence-electron chi connectivity index (χ1n) is 7.02. The van der Waals surface area contributed by atoms with Gasteiger partial charge in [-0.3, -0.25) is 4.68 Å². The number of hydrogen-bond acceptors (Lipinski definition) is 1. The Hall–Kier alpha value is -1.03. The fourth-order valence-corrected chi connectivity index (χ4v) is 3.44. The maximum absolute atomic E-state index is 14.1. The molecule has 3 rings (SSSR count). The van der Waals surface area contributed by atoms with Crippen LogP contribution in [0.3, 0.4) is 0 Å². The Morgan fingerprint density at radius 1 is 1.27 bits per heavy atom. The standard InChI is InChI=1S/C16H14Cl3FN2/c17-7-15(20)13-3-1-2-10-8-21-22(16(10)13)9-11-4-5-12(18)6-14(11)19/h4-6,8H,1-3,7,9H2/b15-13-. The molecule has 0 aliphatic heterocycles. The van der Waals surface area contributed by atoms with Gasteiger partial charge in [0, 0.05) is 15.6 Å². The molecule has 2 aromatic rings. The van der Waals surface area contributed by atoms with E-state index < -0.39 is 0 Å². The van der Waals surface area contributed by atoms with E-state index >= 15 is 0 Å². The van der Waals surface area contributed by atoms with Crippen LogP contribution < -0.4 is 0 Å². The number of nitrogens with zero attached hydrogens (tertiary/aromatic N) is 2. The van der Waals surface area contributed by atoms with E-state index in [1.165, 1.54) is 0 Å². The molecular formula is C16H14Cl3FN2. The van der Waals surface area contributed by atoms with Gasteiger partial charge in [-0.1, -0.05) is 29.3 Å². The van der Waals surface area contributed by atoms with Crippen LogP contribution in [0.2, 0.25) is 10.0 Å². The van der Waals surface area contributed by atoms with Crippen molar-refractivity contribution in [3.8, 4) is 0 Å². The summed E-state index contributed by atoms with van der Waals surface area (Å²) in [5.74, 6) is -0.381.